The monoisotopic (exact) mass is 283 g/mol. The van der Waals surface area contributed by atoms with Gasteiger partial charge in [-0.1, -0.05) is 39.4 Å². The molecule has 0 spiro atoms. The van der Waals surface area contributed by atoms with Crippen molar-refractivity contribution >= 4 is 27.5 Å². The average molecular weight is 285 g/mol. The van der Waals surface area contributed by atoms with Gasteiger partial charge >= 0.3 is 0 Å². The highest BCUT2D eigenvalue weighted by Gasteiger charge is 2.35. The summed E-state index contributed by atoms with van der Waals surface area (Å²) < 4.78 is 0. The van der Waals surface area contributed by atoms with Crippen molar-refractivity contribution in [3.05, 3.63) is 28.5 Å². The van der Waals surface area contributed by atoms with Crippen molar-refractivity contribution in [2.75, 3.05) is 0 Å². The lowest BCUT2D eigenvalue weighted by Gasteiger charge is -1.99. The van der Waals surface area contributed by atoms with E-state index in [1.165, 1.54) is 12.8 Å². The lowest BCUT2D eigenvalue weighted by molar-refractivity contribution is 0.783. The van der Waals surface area contributed by atoms with Crippen LogP contribution in [0.3, 0.4) is 0 Å². The zero-order chi connectivity index (χ0) is 10.9. The van der Waals surface area contributed by atoms with Crippen molar-refractivity contribution in [2.45, 2.75) is 25.1 Å². The van der Waals surface area contributed by atoms with Crippen LogP contribution >= 0.6 is 27.5 Å². The molecule has 1 aromatic rings. The Balaban J connectivity index is 2.22. The van der Waals surface area contributed by atoms with Gasteiger partial charge in [-0.05, 0) is 25.8 Å². The van der Waals surface area contributed by atoms with Crippen LogP contribution < -0.4 is 0 Å². The van der Waals surface area contributed by atoms with E-state index in [1.807, 2.05) is 6.07 Å². The van der Waals surface area contributed by atoms with Gasteiger partial charge in [-0.25, -0.2) is 0 Å². The standard InChI is InChI=1S/C12H11BrClN/c1-12(4-5-12)3-2-9-6-10(14)11(7-13)15-8-9/h6,8H,4-5,7H2,1H3. The molecule has 1 aliphatic rings. The molecule has 1 heterocycles. The van der Waals surface area contributed by atoms with Gasteiger partial charge in [0.25, 0.3) is 0 Å². The molecule has 2 rings (SSSR count). The molecule has 0 saturated heterocycles. The van der Waals surface area contributed by atoms with Gasteiger partial charge in [0.1, 0.15) is 0 Å². The Kier molecular flexibility index (Phi) is 3.04. The van der Waals surface area contributed by atoms with Gasteiger partial charge in [-0.15, -0.1) is 0 Å². The van der Waals surface area contributed by atoms with Crippen molar-refractivity contribution in [2.24, 2.45) is 5.41 Å². The van der Waals surface area contributed by atoms with Crippen LogP contribution in [0.5, 0.6) is 0 Å². The van der Waals surface area contributed by atoms with Crippen LogP contribution in [0.25, 0.3) is 0 Å². The molecule has 1 fully saturated rings. The van der Waals surface area contributed by atoms with Crippen molar-refractivity contribution in [3.8, 4) is 11.8 Å². The fourth-order valence-corrected chi connectivity index (χ4v) is 2.01. The van der Waals surface area contributed by atoms with Gasteiger partial charge < -0.3 is 0 Å². The Bertz CT molecular complexity index is 441. The number of aromatic nitrogens is 1. The lowest BCUT2D eigenvalue weighted by Crippen LogP contribution is -1.89. The summed E-state index contributed by atoms with van der Waals surface area (Å²) in [6, 6.07) is 1.88. The van der Waals surface area contributed by atoms with Gasteiger partial charge in [0.2, 0.25) is 0 Å². The zero-order valence-electron chi connectivity index (χ0n) is 8.48. The molecule has 1 aliphatic carbocycles. The summed E-state index contributed by atoms with van der Waals surface area (Å²) in [4.78, 5) is 4.24. The predicted molar refractivity (Wildman–Crippen MR) is 66.1 cm³/mol. The number of nitrogens with zero attached hydrogens (tertiary/aromatic N) is 1. The molecule has 0 bridgehead atoms. The summed E-state index contributed by atoms with van der Waals surface area (Å²) in [5, 5.41) is 1.36. The lowest BCUT2D eigenvalue weighted by atomic mass is 10.1. The van der Waals surface area contributed by atoms with Gasteiger partial charge in [0.05, 0.1) is 10.7 Å². The molecule has 3 heteroatoms. The van der Waals surface area contributed by atoms with E-state index < -0.39 is 0 Å². The van der Waals surface area contributed by atoms with Gasteiger partial charge in [-0.3, -0.25) is 4.98 Å². The Morgan fingerprint density at radius 1 is 1.60 bits per heavy atom. The number of hydrogen-bond donors (Lipinski definition) is 0. The van der Waals surface area contributed by atoms with Crippen molar-refractivity contribution in [3.63, 3.8) is 0 Å². The highest BCUT2D eigenvalue weighted by Crippen LogP contribution is 2.44. The van der Waals surface area contributed by atoms with Crippen molar-refractivity contribution in [1.29, 1.82) is 0 Å². The topological polar surface area (TPSA) is 12.9 Å². The van der Waals surface area contributed by atoms with Crippen molar-refractivity contribution < 1.29 is 0 Å². The largest absolute Gasteiger partial charge is 0.258 e. The Hall–Kier alpha value is -0.520. The number of alkyl halides is 1. The van der Waals surface area contributed by atoms with E-state index in [0.29, 0.717) is 10.4 Å². The molecule has 1 aromatic heterocycles. The second-order valence-corrected chi connectivity index (χ2v) is 5.06. The first-order valence-electron chi connectivity index (χ1n) is 4.86. The summed E-state index contributed by atoms with van der Waals surface area (Å²) >= 11 is 9.37. The molecule has 0 radical (unpaired) electrons. The third-order valence-corrected chi connectivity index (χ3v) is 3.41. The molecule has 78 valence electrons. The molecule has 1 nitrogen and oxygen atoms in total. The number of rotatable bonds is 1. The molecular formula is C12H11BrClN. The van der Waals surface area contributed by atoms with Crippen LogP contribution in [0, 0.1) is 17.3 Å². The van der Waals surface area contributed by atoms with Crippen LogP contribution in [-0.4, -0.2) is 4.98 Å². The van der Waals surface area contributed by atoms with Crippen molar-refractivity contribution in [1.82, 2.24) is 4.98 Å². The smallest absolute Gasteiger partial charge is 0.0695 e. The maximum atomic E-state index is 6.03. The fraction of sp³-hybridized carbons (Fsp3) is 0.417. The van der Waals surface area contributed by atoms with Crippen LogP contribution in [0.4, 0.5) is 0 Å². The summed E-state index contributed by atoms with van der Waals surface area (Å²) in [6.07, 6.45) is 4.20. The quantitative estimate of drug-likeness (QED) is 0.565. The normalized spacial score (nSPS) is 16.7. The van der Waals surface area contributed by atoms with Gasteiger partial charge in [0.15, 0.2) is 0 Å². The third kappa shape index (κ3) is 2.74. The second kappa shape index (κ2) is 4.15. The Morgan fingerprint density at radius 2 is 2.33 bits per heavy atom. The molecule has 0 aliphatic heterocycles. The maximum Gasteiger partial charge on any atom is 0.0695 e. The molecule has 0 unspecified atom stereocenters. The minimum Gasteiger partial charge on any atom is -0.258 e. The summed E-state index contributed by atoms with van der Waals surface area (Å²) in [6.45, 7) is 2.18. The molecule has 0 amide bonds. The average Bonchev–Trinajstić information content (AvgIpc) is 2.95. The highest BCUT2D eigenvalue weighted by atomic mass is 79.9. The Labute approximate surface area is 103 Å². The maximum absolute atomic E-state index is 6.03. The van der Waals surface area contributed by atoms with Gasteiger partial charge in [-0.2, -0.15) is 0 Å². The first-order valence-corrected chi connectivity index (χ1v) is 6.36. The number of halogens is 2. The minimum atomic E-state index is 0.251. The summed E-state index contributed by atoms with van der Waals surface area (Å²) in [7, 11) is 0. The van der Waals surface area contributed by atoms with Crippen LogP contribution in [0.15, 0.2) is 12.3 Å². The third-order valence-electron chi connectivity index (χ3n) is 2.55. The zero-order valence-corrected chi connectivity index (χ0v) is 10.8. The van der Waals surface area contributed by atoms with E-state index in [1.54, 1.807) is 6.20 Å². The van der Waals surface area contributed by atoms with E-state index in [4.69, 9.17) is 11.6 Å². The summed E-state index contributed by atoms with van der Waals surface area (Å²) in [5.41, 5.74) is 2.01. The predicted octanol–water partition coefficient (Wildman–Crippen LogP) is 3.78. The number of pyridine rings is 1. The Morgan fingerprint density at radius 3 is 2.87 bits per heavy atom. The van der Waals surface area contributed by atoms with Crippen LogP contribution in [0.1, 0.15) is 31.0 Å². The van der Waals surface area contributed by atoms with E-state index in [9.17, 15) is 0 Å². The van der Waals surface area contributed by atoms with Crippen LogP contribution in [0.2, 0.25) is 5.02 Å². The van der Waals surface area contributed by atoms with E-state index >= 15 is 0 Å². The van der Waals surface area contributed by atoms with Crippen LogP contribution in [-0.2, 0) is 5.33 Å². The molecule has 0 N–H and O–H groups in total. The first kappa shape index (κ1) is 11.0. The van der Waals surface area contributed by atoms with E-state index in [0.717, 1.165) is 11.3 Å². The minimum absolute atomic E-state index is 0.251. The second-order valence-electron chi connectivity index (χ2n) is 4.10. The SMILES string of the molecule is CC1(C#Cc2cnc(CBr)c(Cl)c2)CC1. The fourth-order valence-electron chi connectivity index (χ4n) is 1.17. The molecule has 0 atom stereocenters. The number of hydrogen-bond acceptors (Lipinski definition) is 1. The summed E-state index contributed by atoms with van der Waals surface area (Å²) in [5.74, 6) is 6.38. The van der Waals surface area contributed by atoms with Gasteiger partial charge in [0, 0.05) is 22.5 Å². The molecular weight excluding hydrogens is 273 g/mol. The molecule has 15 heavy (non-hydrogen) atoms. The molecule has 0 aromatic carbocycles. The molecule has 1 saturated carbocycles. The highest BCUT2D eigenvalue weighted by molar-refractivity contribution is 9.08. The van der Waals surface area contributed by atoms with E-state index in [2.05, 4.69) is 39.7 Å². The van der Waals surface area contributed by atoms with E-state index in [-0.39, 0.29) is 5.41 Å². The first-order chi connectivity index (χ1) is 7.13.